The number of alkyl halides is 4. The van der Waals surface area contributed by atoms with Gasteiger partial charge in [0.05, 0.1) is 0 Å². The first-order chi connectivity index (χ1) is 13.0. The molecular formula is C21H44F4Si2. The van der Waals surface area contributed by atoms with E-state index in [-0.39, 0.29) is 31.9 Å². The molecule has 0 rings (SSSR count). The summed E-state index contributed by atoms with van der Waals surface area (Å²) in [7, 11) is 0.199. The quantitative estimate of drug-likeness (QED) is 0.103. The molecule has 0 fully saturated rings. The minimum Gasteiger partial charge on any atom is -0.211 e. The summed E-state index contributed by atoms with van der Waals surface area (Å²) in [5, 5.41) is 0. The van der Waals surface area contributed by atoms with Crippen molar-refractivity contribution in [1.29, 1.82) is 0 Å². The van der Waals surface area contributed by atoms with Crippen molar-refractivity contribution in [1.82, 2.24) is 0 Å². The number of unbranched alkanes of at least 4 members (excludes halogenated alkanes) is 8. The van der Waals surface area contributed by atoms with E-state index in [1.165, 1.54) is 56.3 Å². The van der Waals surface area contributed by atoms with Gasteiger partial charge in [-0.15, -0.1) is 0 Å². The molecule has 0 spiro atoms. The zero-order valence-corrected chi connectivity index (χ0v) is 20.5. The Kier molecular flexibility index (Phi) is 21.0. The lowest BCUT2D eigenvalue weighted by atomic mass is 10.1. The molecule has 0 saturated carbocycles. The van der Waals surface area contributed by atoms with E-state index in [0.29, 0.717) is 12.8 Å². The third-order valence-corrected chi connectivity index (χ3v) is 9.79. The van der Waals surface area contributed by atoms with E-state index in [2.05, 4.69) is 6.92 Å². The van der Waals surface area contributed by atoms with Gasteiger partial charge >= 0.3 is 0 Å². The maximum atomic E-state index is 12.0. The number of rotatable bonds is 21. The van der Waals surface area contributed by atoms with Crippen molar-refractivity contribution in [3.8, 4) is 0 Å². The molecule has 27 heavy (non-hydrogen) atoms. The van der Waals surface area contributed by atoms with Crippen LogP contribution in [0.2, 0.25) is 24.2 Å². The van der Waals surface area contributed by atoms with Crippen molar-refractivity contribution in [3.05, 3.63) is 0 Å². The lowest BCUT2D eigenvalue weighted by Gasteiger charge is -2.10. The molecule has 0 amide bonds. The highest BCUT2D eigenvalue weighted by atomic mass is 28.2. The van der Waals surface area contributed by atoms with Gasteiger partial charge in [0, 0.05) is 31.9 Å². The van der Waals surface area contributed by atoms with Crippen molar-refractivity contribution in [2.75, 3.05) is 0 Å². The Labute approximate surface area is 170 Å². The molecule has 6 heteroatoms. The van der Waals surface area contributed by atoms with Crippen LogP contribution in [0.1, 0.15) is 90.4 Å². The monoisotopic (exact) mass is 428 g/mol. The van der Waals surface area contributed by atoms with E-state index in [9.17, 15) is 17.6 Å². The van der Waals surface area contributed by atoms with Crippen molar-refractivity contribution < 1.29 is 17.6 Å². The van der Waals surface area contributed by atoms with Gasteiger partial charge in [-0.05, 0) is 18.8 Å². The van der Waals surface area contributed by atoms with Crippen molar-refractivity contribution in [2.24, 2.45) is 5.92 Å². The van der Waals surface area contributed by atoms with E-state index < -0.39 is 12.9 Å². The minimum atomic E-state index is -2.12. The van der Waals surface area contributed by atoms with Crippen LogP contribution in [0.15, 0.2) is 0 Å². The molecule has 0 aliphatic carbocycles. The van der Waals surface area contributed by atoms with Crippen LogP contribution in [-0.4, -0.2) is 31.9 Å². The number of halogens is 4. The molecule has 0 N–H and O–H groups in total. The first-order valence-electron chi connectivity index (χ1n) is 11.6. The highest BCUT2D eigenvalue weighted by molar-refractivity contribution is 6.36. The number of hydrogen-bond donors (Lipinski definition) is 0. The van der Waals surface area contributed by atoms with Crippen molar-refractivity contribution in [2.45, 2.75) is 127 Å². The van der Waals surface area contributed by atoms with Crippen LogP contribution >= 0.6 is 0 Å². The maximum Gasteiger partial charge on any atom is 0.238 e. The van der Waals surface area contributed by atoms with Crippen LogP contribution in [0.25, 0.3) is 0 Å². The van der Waals surface area contributed by atoms with E-state index >= 15 is 0 Å². The fourth-order valence-electron chi connectivity index (χ4n) is 3.67. The molecule has 0 nitrogen and oxygen atoms in total. The lowest BCUT2D eigenvalue weighted by Crippen LogP contribution is -2.02. The van der Waals surface area contributed by atoms with Gasteiger partial charge in [0.15, 0.2) is 0 Å². The Morgan fingerprint density at radius 1 is 0.519 bits per heavy atom. The van der Waals surface area contributed by atoms with Gasteiger partial charge in [-0.2, -0.15) is 0 Å². The summed E-state index contributed by atoms with van der Waals surface area (Å²) in [4.78, 5) is 0. The second kappa shape index (κ2) is 20.9. The van der Waals surface area contributed by atoms with Gasteiger partial charge in [0.2, 0.25) is 12.9 Å². The molecule has 0 aromatic heterocycles. The normalized spacial score (nSPS) is 13.9. The summed E-state index contributed by atoms with van der Waals surface area (Å²) in [6.45, 7) is 2.41. The van der Waals surface area contributed by atoms with E-state index in [4.69, 9.17) is 0 Å². The third-order valence-electron chi connectivity index (χ3n) is 5.49. The van der Waals surface area contributed by atoms with Gasteiger partial charge < -0.3 is 0 Å². The predicted octanol–water partition coefficient (Wildman–Crippen LogP) is 7.23. The van der Waals surface area contributed by atoms with Gasteiger partial charge in [0.25, 0.3) is 0 Å². The van der Waals surface area contributed by atoms with E-state index in [1.54, 1.807) is 0 Å². The fourth-order valence-corrected chi connectivity index (χ4v) is 7.70. The van der Waals surface area contributed by atoms with Crippen LogP contribution in [0.3, 0.4) is 0 Å². The fraction of sp³-hybridized carbons (Fsp3) is 1.00. The molecule has 1 atom stereocenters. The van der Waals surface area contributed by atoms with Crippen molar-refractivity contribution in [3.63, 3.8) is 0 Å². The predicted molar refractivity (Wildman–Crippen MR) is 118 cm³/mol. The molecular weight excluding hydrogens is 384 g/mol. The summed E-state index contributed by atoms with van der Waals surface area (Å²) in [6.07, 6.45) is 8.05. The van der Waals surface area contributed by atoms with E-state index in [1.807, 2.05) is 0 Å². The van der Waals surface area contributed by atoms with Crippen molar-refractivity contribution >= 4 is 19.0 Å². The Balaban J connectivity index is 3.16. The van der Waals surface area contributed by atoms with Gasteiger partial charge in [-0.3, -0.25) is 0 Å². The third kappa shape index (κ3) is 24.1. The molecule has 0 saturated heterocycles. The Morgan fingerprint density at radius 2 is 0.963 bits per heavy atom. The van der Waals surface area contributed by atoms with Crippen LogP contribution in [-0.2, 0) is 0 Å². The molecule has 0 aromatic rings. The molecule has 0 radical (unpaired) electrons. The Morgan fingerprint density at radius 3 is 1.48 bits per heavy atom. The maximum absolute atomic E-state index is 12.0. The average molecular weight is 429 g/mol. The first kappa shape index (κ1) is 27.2. The number of hydrogen-bond acceptors (Lipinski definition) is 0. The standard InChI is InChI=1S/C21H44F4Si2/c1-19(18-27-16-11-7-3-5-9-13-21(24)25)14-17-26-15-10-6-2-4-8-12-20(22)23/h19-21H,2-18,26-27H2,1H3. The zero-order valence-electron chi connectivity index (χ0n) is 17.7. The highest BCUT2D eigenvalue weighted by Crippen LogP contribution is 2.16. The largest absolute Gasteiger partial charge is 0.238 e. The van der Waals surface area contributed by atoms with Crippen LogP contribution in [0.4, 0.5) is 17.6 Å². The molecule has 0 aliphatic heterocycles. The molecule has 0 aliphatic rings. The SMILES string of the molecule is CC(CC[SiH2]CCCCCCCC(F)F)C[SiH2]CCCCCCCC(F)F. The Bertz CT molecular complexity index is 291. The second-order valence-corrected chi connectivity index (χ2v) is 12.5. The summed E-state index contributed by atoms with van der Waals surface area (Å²) in [6, 6.07) is 5.82. The average Bonchev–Trinajstić information content (AvgIpc) is 2.61. The van der Waals surface area contributed by atoms with Crippen LogP contribution in [0.5, 0.6) is 0 Å². The molecule has 0 bridgehead atoms. The van der Waals surface area contributed by atoms with Crippen LogP contribution in [0, 0.1) is 5.92 Å². The summed E-state index contributed by atoms with van der Waals surface area (Å²) >= 11 is 0. The lowest BCUT2D eigenvalue weighted by molar-refractivity contribution is 0.133. The van der Waals surface area contributed by atoms with Gasteiger partial charge in [-0.25, -0.2) is 17.6 Å². The minimum absolute atomic E-state index is 0.0802. The smallest absolute Gasteiger partial charge is 0.211 e. The summed E-state index contributed by atoms with van der Waals surface area (Å²) in [5.41, 5.74) is 0. The molecule has 0 aromatic carbocycles. The van der Waals surface area contributed by atoms with E-state index in [0.717, 1.165) is 31.6 Å². The Hall–Kier alpha value is 0.154. The van der Waals surface area contributed by atoms with Gasteiger partial charge in [-0.1, -0.05) is 88.9 Å². The summed E-state index contributed by atoms with van der Waals surface area (Å²) < 4.78 is 48.0. The topological polar surface area (TPSA) is 0 Å². The molecule has 164 valence electrons. The highest BCUT2D eigenvalue weighted by Gasteiger charge is 2.04. The van der Waals surface area contributed by atoms with Crippen LogP contribution < -0.4 is 0 Å². The second-order valence-electron chi connectivity index (χ2n) is 8.35. The summed E-state index contributed by atoms with van der Waals surface area (Å²) in [5.74, 6) is 0.907. The molecule has 0 heterocycles. The first-order valence-corrected chi connectivity index (χ1v) is 15.6. The van der Waals surface area contributed by atoms with Gasteiger partial charge in [0.1, 0.15) is 0 Å². The molecule has 1 unspecified atom stereocenters. The zero-order chi connectivity index (χ0) is 20.2.